The number of aryl methyl sites for hydroxylation is 3. The fraction of sp³-hybridized carbons (Fsp3) is 0.250. The molecule has 0 bridgehead atoms. The van der Waals surface area contributed by atoms with Crippen LogP contribution < -0.4 is 5.32 Å². The number of benzene rings is 1. The molecule has 0 fully saturated rings. The van der Waals surface area contributed by atoms with Crippen molar-refractivity contribution in [3.63, 3.8) is 0 Å². The van der Waals surface area contributed by atoms with E-state index in [-0.39, 0.29) is 10.8 Å². The molecule has 0 spiro atoms. The zero-order chi connectivity index (χ0) is 15.4. The molecule has 5 heteroatoms. The molecule has 1 aromatic heterocycles. The number of anilines is 1. The Balaban J connectivity index is 1.99. The number of carboxylic acids is 1. The van der Waals surface area contributed by atoms with Gasteiger partial charge >= 0.3 is 5.97 Å². The van der Waals surface area contributed by atoms with Gasteiger partial charge in [-0.2, -0.15) is 0 Å². The fourth-order valence-corrected chi connectivity index (χ4v) is 2.93. The molecule has 0 saturated carbocycles. The summed E-state index contributed by atoms with van der Waals surface area (Å²) in [5.74, 6) is -1.18. The van der Waals surface area contributed by atoms with Gasteiger partial charge in [0.15, 0.2) is 0 Å². The molecule has 0 saturated heterocycles. The van der Waals surface area contributed by atoms with Crippen LogP contribution in [0.5, 0.6) is 0 Å². The van der Waals surface area contributed by atoms with E-state index < -0.39 is 5.97 Å². The van der Waals surface area contributed by atoms with Crippen LogP contribution in [0.4, 0.5) is 5.69 Å². The first-order valence-corrected chi connectivity index (χ1v) is 7.52. The minimum atomic E-state index is -1.01. The van der Waals surface area contributed by atoms with Crippen LogP contribution in [0.2, 0.25) is 0 Å². The van der Waals surface area contributed by atoms with Gasteiger partial charge in [0.1, 0.15) is 4.88 Å². The molecule has 2 N–H and O–H groups in total. The third-order valence-electron chi connectivity index (χ3n) is 3.16. The zero-order valence-electron chi connectivity index (χ0n) is 12.0. The summed E-state index contributed by atoms with van der Waals surface area (Å²) in [6, 6.07) is 8.01. The minimum Gasteiger partial charge on any atom is -0.477 e. The van der Waals surface area contributed by atoms with Gasteiger partial charge in [0, 0.05) is 6.42 Å². The van der Waals surface area contributed by atoms with E-state index >= 15 is 0 Å². The van der Waals surface area contributed by atoms with Crippen LogP contribution in [0.1, 0.15) is 32.8 Å². The summed E-state index contributed by atoms with van der Waals surface area (Å²) < 4.78 is 0. The molecule has 0 aliphatic heterocycles. The number of carboxylic acid groups (broad SMARTS) is 1. The van der Waals surface area contributed by atoms with Gasteiger partial charge in [-0.25, -0.2) is 4.79 Å². The third kappa shape index (κ3) is 3.92. The Hall–Kier alpha value is -2.14. The average Bonchev–Trinajstić information content (AvgIpc) is 2.78. The SMILES string of the molecule is Cc1cccc(CCC(=O)Nc2c(C)csc2C(=O)O)c1. The van der Waals surface area contributed by atoms with E-state index in [9.17, 15) is 9.59 Å². The highest BCUT2D eigenvalue weighted by molar-refractivity contribution is 7.12. The highest BCUT2D eigenvalue weighted by atomic mass is 32.1. The molecule has 4 nitrogen and oxygen atoms in total. The van der Waals surface area contributed by atoms with E-state index in [4.69, 9.17) is 5.11 Å². The largest absolute Gasteiger partial charge is 0.477 e. The van der Waals surface area contributed by atoms with Crippen molar-refractivity contribution < 1.29 is 14.7 Å². The maximum Gasteiger partial charge on any atom is 0.348 e. The molecule has 1 heterocycles. The Morgan fingerprint density at radius 2 is 2.05 bits per heavy atom. The van der Waals surface area contributed by atoms with Crippen LogP contribution in [0.3, 0.4) is 0 Å². The van der Waals surface area contributed by atoms with Crippen molar-refractivity contribution in [2.75, 3.05) is 5.32 Å². The first-order chi connectivity index (χ1) is 9.97. The molecule has 2 rings (SSSR count). The first kappa shape index (κ1) is 15.3. The molecule has 0 aliphatic rings. The predicted octanol–water partition coefficient (Wildman–Crippen LogP) is 3.63. The van der Waals surface area contributed by atoms with Crippen molar-refractivity contribution in [1.82, 2.24) is 0 Å². The summed E-state index contributed by atoms with van der Waals surface area (Å²) in [6.07, 6.45) is 0.969. The highest BCUT2D eigenvalue weighted by Gasteiger charge is 2.17. The molecular formula is C16H17NO3S. The standard InChI is InChI=1S/C16H17NO3S/c1-10-4-3-5-12(8-10)6-7-13(18)17-14-11(2)9-21-15(14)16(19)20/h3-5,8-9H,6-7H2,1-2H3,(H,17,18)(H,19,20). The summed E-state index contributed by atoms with van der Waals surface area (Å²) in [6.45, 7) is 3.80. The number of carbonyl (C=O) groups is 2. The molecule has 110 valence electrons. The molecule has 1 aromatic carbocycles. The molecule has 0 radical (unpaired) electrons. The van der Waals surface area contributed by atoms with Gasteiger partial charge < -0.3 is 10.4 Å². The molecular weight excluding hydrogens is 286 g/mol. The minimum absolute atomic E-state index is 0.166. The van der Waals surface area contributed by atoms with Crippen LogP contribution >= 0.6 is 11.3 Å². The van der Waals surface area contributed by atoms with Crippen molar-refractivity contribution in [1.29, 1.82) is 0 Å². The number of rotatable bonds is 5. The highest BCUT2D eigenvalue weighted by Crippen LogP contribution is 2.27. The quantitative estimate of drug-likeness (QED) is 0.886. The first-order valence-electron chi connectivity index (χ1n) is 6.64. The van der Waals surface area contributed by atoms with E-state index in [0.29, 0.717) is 18.5 Å². The maximum absolute atomic E-state index is 12.0. The number of hydrogen-bond acceptors (Lipinski definition) is 3. The van der Waals surface area contributed by atoms with Gasteiger partial charge in [0.25, 0.3) is 0 Å². The van der Waals surface area contributed by atoms with Crippen molar-refractivity contribution in [2.45, 2.75) is 26.7 Å². The van der Waals surface area contributed by atoms with E-state index in [1.54, 1.807) is 12.3 Å². The molecule has 0 unspecified atom stereocenters. The molecule has 1 amide bonds. The van der Waals surface area contributed by atoms with Crippen LogP contribution in [-0.4, -0.2) is 17.0 Å². The fourth-order valence-electron chi connectivity index (χ4n) is 2.08. The van der Waals surface area contributed by atoms with Gasteiger partial charge in [-0.3, -0.25) is 4.79 Å². The Morgan fingerprint density at radius 1 is 1.29 bits per heavy atom. The second-order valence-corrected chi connectivity index (χ2v) is 5.84. The van der Waals surface area contributed by atoms with Crippen molar-refractivity contribution in [3.05, 3.63) is 51.2 Å². The third-order valence-corrected chi connectivity index (χ3v) is 4.24. The van der Waals surface area contributed by atoms with Crippen LogP contribution in [0, 0.1) is 13.8 Å². The summed E-state index contributed by atoms with van der Waals surface area (Å²) in [4.78, 5) is 23.3. The lowest BCUT2D eigenvalue weighted by atomic mass is 10.1. The van der Waals surface area contributed by atoms with Gasteiger partial charge in [-0.15, -0.1) is 11.3 Å². The summed E-state index contributed by atoms with van der Waals surface area (Å²) >= 11 is 1.13. The van der Waals surface area contributed by atoms with Crippen LogP contribution in [0.15, 0.2) is 29.6 Å². The second kappa shape index (κ2) is 6.54. The Kier molecular flexibility index (Phi) is 4.75. The number of amides is 1. The lowest BCUT2D eigenvalue weighted by Gasteiger charge is -2.07. The summed E-state index contributed by atoms with van der Waals surface area (Å²) in [5, 5.41) is 13.5. The molecule has 21 heavy (non-hydrogen) atoms. The second-order valence-electron chi connectivity index (χ2n) is 4.97. The topological polar surface area (TPSA) is 66.4 Å². The number of hydrogen-bond donors (Lipinski definition) is 2. The van der Waals surface area contributed by atoms with Gasteiger partial charge in [-0.1, -0.05) is 29.8 Å². The van der Waals surface area contributed by atoms with Gasteiger partial charge in [-0.05, 0) is 36.8 Å². The predicted molar refractivity (Wildman–Crippen MR) is 84.1 cm³/mol. The Morgan fingerprint density at radius 3 is 2.71 bits per heavy atom. The normalized spacial score (nSPS) is 10.4. The molecule has 2 aromatic rings. The van der Waals surface area contributed by atoms with E-state index in [1.807, 2.05) is 31.2 Å². The number of thiophene rings is 1. The van der Waals surface area contributed by atoms with Crippen LogP contribution in [-0.2, 0) is 11.2 Å². The summed E-state index contributed by atoms with van der Waals surface area (Å²) in [5.41, 5.74) is 3.46. The van der Waals surface area contributed by atoms with Gasteiger partial charge in [0.2, 0.25) is 5.91 Å². The molecule has 0 atom stereocenters. The Bertz CT molecular complexity index is 676. The summed E-state index contributed by atoms with van der Waals surface area (Å²) in [7, 11) is 0. The zero-order valence-corrected chi connectivity index (χ0v) is 12.8. The maximum atomic E-state index is 12.0. The Labute approximate surface area is 127 Å². The monoisotopic (exact) mass is 303 g/mol. The van der Waals surface area contributed by atoms with E-state index in [2.05, 4.69) is 5.32 Å². The van der Waals surface area contributed by atoms with E-state index in [1.165, 1.54) is 0 Å². The van der Waals surface area contributed by atoms with Crippen LogP contribution in [0.25, 0.3) is 0 Å². The van der Waals surface area contributed by atoms with Crippen molar-refractivity contribution in [2.24, 2.45) is 0 Å². The van der Waals surface area contributed by atoms with Crippen molar-refractivity contribution >= 4 is 28.9 Å². The van der Waals surface area contributed by atoms with E-state index in [0.717, 1.165) is 28.0 Å². The van der Waals surface area contributed by atoms with Gasteiger partial charge in [0.05, 0.1) is 5.69 Å². The van der Waals surface area contributed by atoms with Crippen molar-refractivity contribution in [3.8, 4) is 0 Å². The number of carbonyl (C=O) groups excluding carboxylic acids is 1. The average molecular weight is 303 g/mol. The molecule has 0 aliphatic carbocycles. The number of aromatic carboxylic acids is 1. The number of nitrogens with one attached hydrogen (secondary N) is 1. The smallest absolute Gasteiger partial charge is 0.348 e. The lowest BCUT2D eigenvalue weighted by Crippen LogP contribution is -2.14. The lowest BCUT2D eigenvalue weighted by molar-refractivity contribution is -0.116.